The second-order valence-corrected chi connectivity index (χ2v) is 15.0. The fourth-order valence-electron chi connectivity index (χ4n) is 6.99. The summed E-state index contributed by atoms with van der Waals surface area (Å²) in [6, 6.07) is 0.162. The predicted octanol–water partition coefficient (Wildman–Crippen LogP) is 3.77. The molecule has 3 N–H and O–H groups in total. The van der Waals surface area contributed by atoms with Gasteiger partial charge in [0.15, 0.2) is 0 Å². The van der Waals surface area contributed by atoms with Crippen LogP contribution in [0.25, 0.3) is 0 Å². The first-order chi connectivity index (χ1) is 16.7. The number of nitrogens with one attached hydrogen (secondary N) is 3. The van der Waals surface area contributed by atoms with E-state index in [4.69, 9.17) is 4.18 Å². The number of nitrogens with zero attached hydrogens (tertiary/aromatic N) is 1. The average Bonchev–Trinajstić information content (AvgIpc) is 2.72. The molecule has 16 heteroatoms. The SMILES string of the molecule is CS(=O)(=O)OC[C@H]1CC[N+]2=C(N[C@@H](CNC(=O)C34CC5CC(CC(C5)C3)C4)CC2)N1.F[P-](F)(F)(F)(F)F. The Hall–Kier alpha value is -1.34. The van der Waals surface area contributed by atoms with Crippen molar-refractivity contribution in [3.8, 4) is 0 Å². The number of amides is 1. The third-order valence-corrected chi connectivity index (χ3v) is 8.57. The summed E-state index contributed by atoms with van der Waals surface area (Å²) in [6.07, 6.45) is 10.2. The van der Waals surface area contributed by atoms with Gasteiger partial charge in [-0.2, -0.15) is 8.42 Å². The maximum absolute atomic E-state index is 13.2. The van der Waals surface area contributed by atoms with Crippen molar-refractivity contribution in [2.45, 2.75) is 63.5 Å². The molecule has 8 nitrogen and oxygen atoms in total. The second kappa shape index (κ2) is 9.11. The number of guanidine groups is 1. The van der Waals surface area contributed by atoms with Crippen molar-refractivity contribution in [1.29, 1.82) is 0 Å². The molecule has 0 aromatic heterocycles. The van der Waals surface area contributed by atoms with Crippen LogP contribution in [0.1, 0.15) is 51.4 Å². The third-order valence-electron chi connectivity index (χ3n) is 8.01. The Morgan fingerprint density at radius 2 is 1.43 bits per heavy atom. The summed E-state index contributed by atoms with van der Waals surface area (Å²) in [6.45, 7) is 2.60. The molecule has 2 aliphatic heterocycles. The zero-order valence-electron chi connectivity index (χ0n) is 20.6. The Morgan fingerprint density at radius 3 is 1.92 bits per heavy atom. The van der Waals surface area contributed by atoms with Gasteiger partial charge in [-0.15, -0.1) is 0 Å². The number of hydrogen-bond acceptors (Lipinski definition) is 6. The van der Waals surface area contributed by atoms with Gasteiger partial charge in [-0.1, -0.05) is 0 Å². The van der Waals surface area contributed by atoms with E-state index < -0.39 is 17.9 Å². The normalized spacial score (nSPS) is 36.7. The molecule has 0 unspecified atom stereocenters. The van der Waals surface area contributed by atoms with Crippen molar-refractivity contribution in [2.24, 2.45) is 23.2 Å². The van der Waals surface area contributed by atoms with Gasteiger partial charge in [0.25, 0.3) is 10.1 Å². The van der Waals surface area contributed by atoms with E-state index in [2.05, 4.69) is 20.5 Å². The quantitative estimate of drug-likeness (QED) is 0.190. The van der Waals surface area contributed by atoms with E-state index in [1.54, 1.807) is 0 Å². The number of hydrogen-bond donors (Lipinski definition) is 3. The molecule has 0 spiro atoms. The number of halogens is 6. The van der Waals surface area contributed by atoms with E-state index in [1.807, 2.05) is 0 Å². The van der Waals surface area contributed by atoms with Gasteiger partial charge in [0.1, 0.15) is 6.04 Å². The zero-order valence-corrected chi connectivity index (χ0v) is 22.3. The number of rotatable bonds is 6. The summed E-state index contributed by atoms with van der Waals surface area (Å²) in [5, 5.41) is 10.2. The fraction of sp³-hybridized carbons (Fsp3) is 0.905. The first-order valence-corrected chi connectivity index (χ1v) is 16.4. The van der Waals surface area contributed by atoms with Crippen molar-refractivity contribution < 1.29 is 47.2 Å². The molecular formula is C21H35F6N4O4PS. The van der Waals surface area contributed by atoms with Crippen LogP contribution in [0.2, 0.25) is 0 Å². The molecule has 4 bridgehead atoms. The van der Waals surface area contributed by atoms with Crippen molar-refractivity contribution in [3.63, 3.8) is 0 Å². The molecule has 4 saturated carbocycles. The maximum atomic E-state index is 13.2. The Balaban J connectivity index is 0.000000405. The van der Waals surface area contributed by atoms with Crippen LogP contribution in [0.5, 0.6) is 0 Å². The van der Waals surface area contributed by atoms with Crippen molar-refractivity contribution >= 4 is 29.8 Å². The van der Waals surface area contributed by atoms with E-state index in [0.29, 0.717) is 6.54 Å². The molecule has 0 saturated heterocycles. The average molecular weight is 585 g/mol. The number of carbonyl (C=O) groups is 1. The second-order valence-electron chi connectivity index (χ2n) is 11.5. The molecular weight excluding hydrogens is 549 g/mol. The van der Waals surface area contributed by atoms with Crippen LogP contribution in [-0.4, -0.2) is 69.4 Å². The van der Waals surface area contributed by atoms with Gasteiger partial charge < -0.3 is 5.32 Å². The molecule has 2 atom stereocenters. The molecule has 37 heavy (non-hydrogen) atoms. The molecule has 4 fully saturated rings. The van der Waals surface area contributed by atoms with Crippen LogP contribution >= 0.6 is 7.81 Å². The topological polar surface area (TPSA) is 99.5 Å². The van der Waals surface area contributed by atoms with E-state index in [-0.39, 0.29) is 30.0 Å². The Morgan fingerprint density at radius 1 is 0.973 bits per heavy atom. The zero-order chi connectivity index (χ0) is 27.3. The van der Waals surface area contributed by atoms with E-state index in [0.717, 1.165) is 75.2 Å². The predicted molar refractivity (Wildman–Crippen MR) is 126 cm³/mol. The van der Waals surface area contributed by atoms with Gasteiger partial charge in [-0.25, -0.2) is 0 Å². The van der Waals surface area contributed by atoms with Gasteiger partial charge >= 0.3 is 38.9 Å². The van der Waals surface area contributed by atoms with Crippen LogP contribution in [0.4, 0.5) is 25.2 Å². The first kappa shape index (κ1) is 28.7. The van der Waals surface area contributed by atoms with E-state index in [9.17, 15) is 38.4 Å². The number of carbonyl (C=O) groups excluding carboxylic acids is 1. The Kier molecular flexibility index (Phi) is 7.06. The molecule has 1 amide bonds. The van der Waals surface area contributed by atoms with Crippen LogP contribution in [-0.2, 0) is 19.1 Å². The van der Waals surface area contributed by atoms with Crippen LogP contribution in [0.15, 0.2) is 0 Å². The van der Waals surface area contributed by atoms with E-state index >= 15 is 0 Å². The van der Waals surface area contributed by atoms with Crippen molar-refractivity contribution in [1.82, 2.24) is 16.0 Å². The van der Waals surface area contributed by atoms with Gasteiger partial charge in [0, 0.05) is 18.3 Å². The Labute approximate surface area is 212 Å². The fourth-order valence-corrected chi connectivity index (χ4v) is 7.40. The monoisotopic (exact) mass is 584 g/mol. The van der Waals surface area contributed by atoms with Gasteiger partial charge in [0.2, 0.25) is 5.91 Å². The molecule has 2 heterocycles. The van der Waals surface area contributed by atoms with Crippen LogP contribution in [0, 0.1) is 23.2 Å². The molecule has 0 aromatic carbocycles. The van der Waals surface area contributed by atoms with Crippen LogP contribution < -0.4 is 16.0 Å². The van der Waals surface area contributed by atoms with Gasteiger partial charge in [-0.05, 0) is 56.3 Å². The summed E-state index contributed by atoms with van der Waals surface area (Å²) in [4.78, 5) is 13.2. The summed E-state index contributed by atoms with van der Waals surface area (Å²) >= 11 is 0. The molecule has 4 aliphatic carbocycles. The van der Waals surface area contributed by atoms with Crippen LogP contribution in [0.3, 0.4) is 0 Å². The third kappa shape index (κ3) is 8.84. The minimum atomic E-state index is -10.7. The molecule has 6 rings (SSSR count). The summed E-state index contributed by atoms with van der Waals surface area (Å²) in [5.41, 5.74) is -0.0975. The Bertz CT molecular complexity index is 1010. The molecule has 0 aromatic rings. The van der Waals surface area contributed by atoms with Crippen molar-refractivity contribution in [2.75, 3.05) is 32.5 Å². The summed E-state index contributed by atoms with van der Waals surface area (Å²) in [5.74, 6) is 3.54. The van der Waals surface area contributed by atoms with Crippen molar-refractivity contribution in [3.05, 3.63) is 0 Å². The van der Waals surface area contributed by atoms with E-state index in [1.165, 1.54) is 19.3 Å². The summed E-state index contributed by atoms with van der Waals surface area (Å²) < 4.78 is 88.9. The minimum absolute atomic E-state index is 0.0289. The molecule has 6 aliphatic rings. The first-order valence-electron chi connectivity index (χ1n) is 12.6. The van der Waals surface area contributed by atoms with Gasteiger partial charge in [0.05, 0.1) is 38.5 Å². The van der Waals surface area contributed by atoms with Gasteiger partial charge in [-0.3, -0.25) is 24.2 Å². The molecule has 0 radical (unpaired) electrons. The standard InChI is InChI=1S/C21H34N4O4S.F6P/c1-30(27,28)29-13-18-3-5-25-4-2-17(23-20(25)24-18)12-22-19(26)21-9-14-6-15(10-21)8-16(7-14)11-21;1-7(2,3,4,5)6/h14-18H,2-13H2,1H3,(H2,22,23,24,26);/q;-1/p+1/t14?,15?,16?,17-,18-,21?;/m1./s1. The molecule has 216 valence electrons. The summed E-state index contributed by atoms with van der Waals surface area (Å²) in [7, 11) is -14.1.